The minimum absolute atomic E-state index is 0. The predicted octanol–water partition coefficient (Wildman–Crippen LogP) is 2.32. The number of halogens is 1. The number of ether oxygens (including phenoxy) is 3. The van der Waals surface area contributed by atoms with Crippen molar-refractivity contribution in [3.63, 3.8) is 0 Å². The first-order valence-corrected chi connectivity index (χ1v) is 8.40. The lowest BCUT2D eigenvalue weighted by Gasteiger charge is -2.14. The van der Waals surface area contributed by atoms with Crippen LogP contribution in [0.15, 0.2) is 29.4 Å². The Morgan fingerprint density at radius 2 is 1.78 bits per heavy atom. The van der Waals surface area contributed by atoms with Crippen LogP contribution >= 0.6 is 24.0 Å². The molecule has 1 heterocycles. The molecule has 27 heavy (non-hydrogen) atoms. The van der Waals surface area contributed by atoms with E-state index in [1.54, 1.807) is 27.5 Å². The standard InChI is InChI=1S/C18H27N5O3.HI/c1-6-19-18(21-12-14-7-8-22-23(14)2)20-11-13-9-15(24-3)17(26-5)16(10-13)25-4;/h7-10H,6,11-12H2,1-5H3,(H2,19,20,21);1H. The Labute approximate surface area is 177 Å². The maximum Gasteiger partial charge on any atom is 0.203 e. The molecular weight excluding hydrogens is 461 g/mol. The highest BCUT2D eigenvalue weighted by atomic mass is 127. The molecule has 1 aromatic carbocycles. The molecule has 0 fully saturated rings. The van der Waals surface area contributed by atoms with Crippen molar-refractivity contribution in [3.8, 4) is 17.2 Å². The third-order valence-electron chi connectivity index (χ3n) is 3.85. The monoisotopic (exact) mass is 489 g/mol. The molecule has 0 aliphatic heterocycles. The minimum atomic E-state index is 0. The molecule has 0 amide bonds. The molecule has 2 rings (SSSR count). The summed E-state index contributed by atoms with van der Waals surface area (Å²) in [6.07, 6.45) is 1.77. The van der Waals surface area contributed by atoms with Gasteiger partial charge in [0.25, 0.3) is 0 Å². The van der Waals surface area contributed by atoms with Crippen LogP contribution in [0.3, 0.4) is 0 Å². The van der Waals surface area contributed by atoms with Crippen molar-refractivity contribution in [2.75, 3.05) is 27.9 Å². The lowest BCUT2D eigenvalue weighted by Crippen LogP contribution is -2.37. The molecule has 0 spiro atoms. The summed E-state index contributed by atoms with van der Waals surface area (Å²) in [5.74, 6) is 2.53. The number of hydrogen-bond donors (Lipinski definition) is 2. The fraction of sp³-hybridized carbons (Fsp3) is 0.444. The van der Waals surface area contributed by atoms with Gasteiger partial charge in [0.1, 0.15) is 0 Å². The summed E-state index contributed by atoms with van der Waals surface area (Å²) in [5, 5.41) is 10.7. The lowest BCUT2D eigenvalue weighted by atomic mass is 10.2. The third kappa shape index (κ3) is 6.19. The summed E-state index contributed by atoms with van der Waals surface area (Å²) in [6, 6.07) is 5.76. The van der Waals surface area contributed by atoms with Crippen LogP contribution in [0.5, 0.6) is 17.2 Å². The van der Waals surface area contributed by atoms with Gasteiger partial charge in [0.2, 0.25) is 5.75 Å². The van der Waals surface area contributed by atoms with E-state index in [9.17, 15) is 0 Å². The number of nitrogens with one attached hydrogen (secondary N) is 2. The molecular formula is C18H28IN5O3. The fourth-order valence-corrected chi connectivity index (χ4v) is 2.49. The van der Waals surface area contributed by atoms with Crippen LogP contribution in [-0.2, 0) is 20.1 Å². The van der Waals surface area contributed by atoms with Crippen LogP contribution in [0.25, 0.3) is 0 Å². The van der Waals surface area contributed by atoms with Crippen LogP contribution in [0.1, 0.15) is 18.2 Å². The van der Waals surface area contributed by atoms with Crippen molar-refractivity contribution in [1.29, 1.82) is 0 Å². The second kappa shape index (κ2) is 11.5. The second-order valence-electron chi connectivity index (χ2n) is 5.53. The first kappa shape index (κ1) is 22.9. The molecule has 0 bridgehead atoms. The molecule has 0 atom stereocenters. The Kier molecular flexibility index (Phi) is 9.76. The third-order valence-corrected chi connectivity index (χ3v) is 3.85. The van der Waals surface area contributed by atoms with E-state index in [0.29, 0.717) is 30.3 Å². The fourth-order valence-electron chi connectivity index (χ4n) is 2.49. The van der Waals surface area contributed by atoms with E-state index in [4.69, 9.17) is 14.2 Å². The molecule has 150 valence electrons. The van der Waals surface area contributed by atoms with Gasteiger partial charge in [0, 0.05) is 19.8 Å². The number of aromatic nitrogens is 2. The van der Waals surface area contributed by atoms with Crippen molar-refractivity contribution in [1.82, 2.24) is 20.4 Å². The van der Waals surface area contributed by atoms with Gasteiger partial charge in [0.05, 0.1) is 40.1 Å². The van der Waals surface area contributed by atoms with Crippen LogP contribution in [0, 0.1) is 0 Å². The highest BCUT2D eigenvalue weighted by Gasteiger charge is 2.13. The van der Waals surface area contributed by atoms with Crippen LogP contribution < -0.4 is 24.8 Å². The lowest BCUT2D eigenvalue weighted by molar-refractivity contribution is 0.324. The SMILES string of the molecule is CCNC(=NCc1cc(OC)c(OC)c(OC)c1)NCc1ccnn1C.I. The molecule has 0 unspecified atom stereocenters. The van der Waals surface area contributed by atoms with Gasteiger partial charge in [0.15, 0.2) is 17.5 Å². The number of aryl methyl sites for hydroxylation is 1. The molecule has 2 N–H and O–H groups in total. The van der Waals surface area contributed by atoms with E-state index in [1.807, 2.05) is 36.9 Å². The molecule has 0 aliphatic carbocycles. The number of nitrogens with zero attached hydrogens (tertiary/aromatic N) is 3. The van der Waals surface area contributed by atoms with Gasteiger partial charge in [-0.15, -0.1) is 24.0 Å². The van der Waals surface area contributed by atoms with Crippen LogP contribution in [0.2, 0.25) is 0 Å². The highest BCUT2D eigenvalue weighted by molar-refractivity contribution is 14.0. The van der Waals surface area contributed by atoms with Crippen molar-refractivity contribution in [2.45, 2.75) is 20.0 Å². The van der Waals surface area contributed by atoms with Crippen LogP contribution in [-0.4, -0.2) is 43.6 Å². The van der Waals surface area contributed by atoms with Gasteiger partial charge in [-0.05, 0) is 30.7 Å². The summed E-state index contributed by atoms with van der Waals surface area (Å²) in [7, 11) is 6.70. The number of aliphatic imine (C=N–C) groups is 1. The molecule has 0 radical (unpaired) electrons. The summed E-state index contributed by atoms with van der Waals surface area (Å²) in [5.41, 5.74) is 2.03. The van der Waals surface area contributed by atoms with Gasteiger partial charge in [-0.3, -0.25) is 4.68 Å². The van der Waals surface area contributed by atoms with Crippen molar-refractivity contribution in [2.24, 2.45) is 12.0 Å². The Bertz CT molecular complexity index is 723. The zero-order chi connectivity index (χ0) is 18.9. The number of guanidine groups is 1. The van der Waals surface area contributed by atoms with E-state index < -0.39 is 0 Å². The van der Waals surface area contributed by atoms with Crippen molar-refractivity contribution >= 4 is 29.9 Å². The number of benzene rings is 1. The smallest absolute Gasteiger partial charge is 0.203 e. The summed E-state index contributed by atoms with van der Waals surface area (Å²) >= 11 is 0. The maximum atomic E-state index is 5.39. The Morgan fingerprint density at radius 3 is 2.26 bits per heavy atom. The molecule has 0 saturated carbocycles. The Balaban J connectivity index is 0.00000364. The zero-order valence-electron chi connectivity index (χ0n) is 16.4. The average Bonchev–Trinajstić information content (AvgIpc) is 3.07. The Hall–Kier alpha value is -2.17. The number of methoxy groups -OCH3 is 3. The van der Waals surface area contributed by atoms with E-state index in [1.165, 1.54) is 0 Å². The molecule has 2 aromatic rings. The average molecular weight is 489 g/mol. The van der Waals surface area contributed by atoms with E-state index in [-0.39, 0.29) is 24.0 Å². The maximum absolute atomic E-state index is 5.39. The summed E-state index contributed by atoms with van der Waals surface area (Å²) in [4.78, 5) is 4.63. The second-order valence-corrected chi connectivity index (χ2v) is 5.53. The molecule has 0 saturated heterocycles. The highest BCUT2D eigenvalue weighted by Crippen LogP contribution is 2.38. The van der Waals surface area contributed by atoms with Crippen molar-refractivity contribution < 1.29 is 14.2 Å². The first-order chi connectivity index (χ1) is 12.6. The van der Waals surface area contributed by atoms with Crippen LogP contribution in [0.4, 0.5) is 0 Å². The molecule has 9 heteroatoms. The summed E-state index contributed by atoms with van der Waals surface area (Å²) in [6.45, 7) is 3.90. The van der Waals surface area contributed by atoms with Gasteiger partial charge < -0.3 is 24.8 Å². The quantitative estimate of drug-likeness (QED) is 0.337. The van der Waals surface area contributed by atoms with E-state index in [0.717, 1.165) is 23.8 Å². The van der Waals surface area contributed by atoms with E-state index >= 15 is 0 Å². The van der Waals surface area contributed by atoms with E-state index in [2.05, 4.69) is 20.7 Å². The van der Waals surface area contributed by atoms with Crippen molar-refractivity contribution in [3.05, 3.63) is 35.7 Å². The summed E-state index contributed by atoms with van der Waals surface area (Å²) < 4.78 is 18.0. The number of rotatable bonds is 8. The first-order valence-electron chi connectivity index (χ1n) is 8.40. The Morgan fingerprint density at radius 1 is 1.11 bits per heavy atom. The number of hydrogen-bond acceptors (Lipinski definition) is 5. The minimum Gasteiger partial charge on any atom is -0.493 e. The van der Waals surface area contributed by atoms with Gasteiger partial charge in [-0.1, -0.05) is 0 Å². The molecule has 1 aromatic heterocycles. The van der Waals surface area contributed by atoms with Gasteiger partial charge in [-0.2, -0.15) is 5.10 Å². The molecule has 8 nitrogen and oxygen atoms in total. The topological polar surface area (TPSA) is 81.9 Å². The predicted molar refractivity (Wildman–Crippen MR) is 116 cm³/mol. The molecule has 0 aliphatic rings. The zero-order valence-corrected chi connectivity index (χ0v) is 18.7. The van der Waals surface area contributed by atoms with Gasteiger partial charge >= 0.3 is 0 Å². The largest absolute Gasteiger partial charge is 0.493 e. The normalized spacial score (nSPS) is 10.8. The van der Waals surface area contributed by atoms with Gasteiger partial charge in [-0.25, -0.2) is 4.99 Å².